The lowest BCUT2D eigenvalue weighted by Crippen LogP contribution is -2.19. The Balaban J connectivity index is 2.02. The first kappa shape index (κ1) is 15.5. The van der Waals surface area contributed by atoms with Crippen LogP contribution < -0.4 is 11.1 Å². The minimum absolute atomic E-state index is 0.0573. The lowest BCUT2D eigenvalue weighted by molar-refractivity contribution is 0.0615. The predicted molar refractivity (Wildman–Crippen MR) is 77.7 cm³/mol. The minimum atomic E-state index is -3.37. The number of nitrogens with one attached hydrogen (secondary N) is 1. The first-order chi connectivity index (χ1) is 9.46. The van der Waals surface area contributed by atoms with E-state index in [1.807, 2.05) is 0 Å². The molecule has 0 amide bonds. The molecular formula is C11H19N3O4S2. The fraction of sp³-hybridized carbons (Fsp3) is 0.727. The summed E-state index contributed by atoms with van der Waals surface area (Å²) in [4.78, 5) is 0.117. The number of aliphatic hydroxyl groups is 1. The fourth-order valence-electron chi connectivity index (χ4n) is 1.85. The standard InChI is InChI=1S/C11H19N3O4S2/c1-18-6-7(15)4-5-13-11-9(10(12)14-19-11)20(16,17)8-2-3-8/h7-8,13,15H,2-6H2,1H3,(H2,12,14). The van der Waals surface area contributed by atoms with Crippen molar-refractivity contribution in [1.82, 2.24) is 4.37 Å². The number of aromatic nitrogens is 1. The van der Waals surface area contributed by atoms with Gasteiger partial charge in [0.25, 0.3) is 0 Å². The molecule has 1 aromatic heterocycles. The Bertz CT molecular complexity index is 554. The van der Waals surface area contributed by atoms with Crippen LogP contribution in [0.4, 0.5) is 10.8 Å². The van der Waals surface area contributed by atoms with Crippen LogP contribution in [0.15, 0.2) is 4.90 Å². The third kappa shape index (κ3) is 3.40. The van der Waals surface area contributed by atoms with Gasteiger partial charge in [-0.3, -0.25) is 0 Å². The quantitative estimate of drug-likeness (QED) is 0.637. The van der Waals surface area contributed by atoms with Gasteiger partial charge in [0.1, 0.15) is 9.90 Å². The molecule has 1 heterocycles. The lowest BCUT2D eigenvalue weighted by Gasteiger charge is -2.11. The van der Waals surface area contributed by atoms with Gasteiger partial charge in [0.2, 0.25) is 0 Å². The Labute approximate surface area is 122 Å². The lowest BCUT2D eigenvalue weighted by atomic mass is 10.3. The smallest absolute Gasteiger partial charge is 0.187 e. The molecule has 1 unspecified atom stereocenters. The highest BCUT2D eigenvalue weighted by molar-refractivity contribution is 7.92. The van der Waals surface area contributed by atoms with E-state index in [1.54, 1.807) is 0 Å². The molecule has 0 aliphatic heterocycles. The highest BCUT2D eigenvalue weighted by Gasteiger charge is 2.40. The molecule has 20 heavy (non-hydrogen) atoms. The van der Waals surface area contributed by atoms with Crippen molar-refractivity contribution in [2.45, 2.75) is 35.5 Å². The molecule has 0 bridgehead atoms. The van der Waals surface area contributed by atoms with Gasteiger partial charge in [0, 0.05) is 13.7 Å². The summed E-state index contributed by atoms with van der Waals surface area (Å²) in [5, 5.41) is 12.7. The summed E-state index contributed by atoms with van der Waals surface area (Å²) in [5.41, 5.74) is 5.68. The van der Waals surface area contributed by atoms with Gasteiger partial charge in [-0.05, 0) is 30.8 Å². The number of rotatable bonds is 8. The average molecular weight is 321 g/mol. The van der Waals surface area contributed by atoms with Crippen LogP contribution in [0.25, 0.3) is 0 Å². The highest BCUT2D eigenvalue weighted by Crippen LogP contribution is 2.40. The van der Waals surface area contributed by atoms with E-state index in [9.17, 15) is 13.5 Å². The SMILES string of the molecule is COCC(O)CCNc1snc(N)c1S(=O)(=O)C1CC1. The van der Waals surface area contributed by atoms with E-state index in [4.69, 9.17) is 10.5 Å². The van der Waals surface area contributed by atoms with E-state index >= 15 is 0 Å². The number of ether oxygens (including phenoxy) is 1. The Morgan fingerprint density at radius 2 is 2.30 bits per heavy atom. The monoisotopic (exact) mass is 321 g/mol. The molecule has 1 saturated carbocycles. The number of hydrogen-bond donors (Lipinski definition) is 3. The van der Waals surface area contributed by atoms with Crippen molar-refractivity contribution in [2.24, 2.45) is 0 Å². The summed E-state index contributed by atoms with van der Waals surface area (Å²) in [6, 6.07) is 0. The predicted octanol–water partition coefficient (Wildman–Crippen LogP) is 0.471. The number of nitrogen functional groups attached to an aromatic ring is 1. The number of hydrogen-bond acceptors (Lipinski definition) is 8. The van der Waals surface area contributed by atoms with Crippen LogP contribution in [0.3, 0.4) is 0 Å². The Hall–Kier alpha value is -0.900. The van der Waals surface area contributed by atoms with Gasteiger partial charge in [-0.15, -0.1) is 0 Å². The summed E-state index contributed by atoms with van der Waals surface area (Å²) in [6.07, 6.45) is 1.24. The van der Waals surface area contributed by atoms with Crippen LogP contribution in [-0.4, -0.2) is 49.5 Å². The van der Waals surface area contributed by atoms with Gasteiger partial charge >= 0.3 is 0 Å². The first-order valence-electron chi connectivity index (χ1n) is 6.36. The molecular weight excluding hydrogens is 302 g/mol. The second-order valence-electron chi connectivity index (χ2n) is 4.80. The van der Waals surface area contributed by atoms with E-state index in [0.29, 0.717) is 30.8 Å². The maximum Gasteiger partial charge on any atom is 0.187 e. The van der Waals surface area contributed by atoms with Crippen LogP contribution in [0.5, 0.6) is 0 Å². The first-order valence-corrected chi connectivity index (χ1v) is 8.68. The van der Waals surface area contributed by atoms with Crippen molar-refractivity contribution in [3.05, 3.63) is 0 Å². The normalized spacial score (nSPS) is 17.1. The molecule has 0 saturated heterocycles. The molecule has 4 N–H and O–H groups in total. The molecule has 7 nitrogen and oxygen atoms in total. The summed E-state index contributed by atoms with van der Waals surface area (Å²) >= 11 is 1.04. The van der Waals surface area contributed by atoms with E-state index in [0.717, 1.165) is 11.5 Å². The Morgan fingerprint density at radius 3 is 2.90 bits per heavy atom. The minimum Gasteiger partial charge on any atom is -0.391 e. The van der Waals surface area contributed by atoms with Crippen LogP contribution in [0.1, 0.15) is 19.3 Å². The third-order valence-electron chi connectivity index (χ3n) is 3.04. The molecule has 1 aromatic rings. The third-order valence-corrected chi connectivity index (χ3v) is 6.32. The summed E-state index contributed by atoms with van der Waals surface area (Å²) < 4.78 is 33.3. The average Bonchev–Trinajstić information content (AvgIpc) is 3.15. The Morgan fingerprint density at radius 1 is 1.60 bits per heavy atom. The van der Waals surface area contributed by atoms with Gasteiger partial charge in [0.05, 0.1) is 18.0 Å². The topological polar surface area (TPSA) is 115 Å². The van der Waals surface area contributed by atoms with Gasteiger partial charge in [-0.2, -0.15) is 4.37 Å². The Kier molecular flexibility index (Phi) is 4.84. The number of aliphatic hydroxyl groups excluding tert-OH is 1. The molecule has 1 aliphatic carbocycles. The largest absolute Gasteiger partial charge is 0.391 e. The van der Waals surface area contributed by atoms with Gasteiger partial charge < -0.3 is 20.9 Å². The molecule has 1 atom stereocenters. The van der Waals surface area contributed by atoms with Crippen molar-refractivity contribution >= 4 is 32.2 Å². The van der Waals surface area contributed by atoms with Gasteiger partial charge in [-0.1, -0.05) is 0 Å². The maximum atomic E-state index is 12.3. The number of sulfone groups is 1. The van der Waals surface area contributed by atoms with E-state index < -0.39 is 15.9 Å². The van der Waals surface area contributed by atoms with E-state index in [-0.39, 0.29) is 22.6 Å². The highest BCUT2D eigenvalue weighted by atomic mass is 32.2. The molecule has 0 spiro atoms. The second kappa shape index (κ2) is 6.25. The number of anilines is 2. The zero-order valence-corrected chi connectivity index (χ0v) is 12.8. The summed E-state index contributed by atoms with van der Waals surface area (Å²) in [6.45, 7) is 0.680. The van der Waals surface area contributed by atoms with Crippen molar-refractivity contribution in [2.75, 3.05) is 31.3 Å². The summed E-state index contributed by atoms with van der Waals surface area (Å²) in [5.74, 6) is 0.0573. The molecule has 0 radical (unpaired) electrons. The summed E-state index contributed by atoms with van der Waals surface area (Å²) in [7, 11) is -1.86. The fourth-order valence-corrected chi connectivity index (χ4v) is 4.77. The van der Waals surface area contributed by atoms with Gasteiger partial charge in [0.15, 0.2) is 15.7 Å². The maximum absolute atomic E-state index is 12.3. The van der Waals surface area contributed by atoms with Crippen LogP contribution in [0.2, 0.25) is 0 Å². The molecule has 1 fully saturated rings. The zero-order valence-electron chi connectivity index (χ0n) is 11.2. The van der Waals surface area contributed by atoms with Gasteiger partial charge in [-0.25, -0.2) is 8.42 Å². The second-order valence-corrected chi connectivity index (χ2v) is 7.73. The van der Waals surface area contributed by atoms with Crippen LogP contribution in [0, 0.1) is 0 Å². The van der Waals surface area contributed by atoms with E-state index in [1.165, 1.54) is 7.11 Å². The van der Waals surface area contributed by atoms with Crippen LogP contribution in [-0.2, 0) is 14.6 Å². The number of nitrogens with zero attached hydrogens (tertiary/aromatic N) is 1. The molecule has 1 aliphatic rings. The van der Waals surface area contributed by atoms with Crippen molar-refractivity contribution in [3.8, 4) is 0 Å². The number of nitrogens with two attached hydrogens (primary N) is 1. The molecule has 2 rings (SSSR count). The van der Waals surface area contributed by atoms with E-state index in [2.05, 4.69) is 9.69 Å². The number of methoxy groups -OCH3 is 1. The molecule has 0 aromatic carbocycles. The molecule has 114 valence electrons. The van der Waals surface area contributed by atoms with Crippen molar-refractivity contribution in [1.29, 1.82) is 0 Å². The zero-order chi connectivity index (χ0) is 14.8. The van der Waals surface area contributed by atoms with Crippen LogP contribution >= 0.6 is 11.5 Å². The molecule has 9 heteroatoms. The van der Waals surface area contributed by atoms with Crippen molar-refractivity contribution in [3.63, 3.8) is 0 Å². The van der Waals surface area contributed by atoms with Crippen molar-refractivity contribution < 1.29 is 18.3 Å².